The molecule has 1 unspecified atom stereocenters. The van der Waals surface area contributed by atoms with Gasteiger partial charge in [0.1, 0.15) is 5.75 Å². The third-order valence-corrected chi connectivity index (χ3v) is 6.83. The van der Waals surface area contributed by atoms with Crippen LogP contribution in [0, 0.1) is 5.41 Å². The molecule has 4 rings (SSSR count). The number of benzene rings is 2. The maximum absolute atomic E-state index is 13.8. The lowest BCUT2D eigenvalue weighted by Crippen LogP contribution is -2.50. The molecule has 0 spiro atoms. The summed E-state index contributed by atoms with van der Waals surface area (Å²) in [6.07, 6.45) is 6.52. The molecule has 40 heavy (non-hydrogen) atoms. The van der Waals surface area contributed by atoms with Gasteiger partial charge in [0, 0.05) is 39.8 Å². The monoisotopic (exact) mass is 550 g/mol. The van der Waals surface area contributed by atoms with Crippen molar-refractivity contribution in [2.45, 2.75) is 32.1 Å². The van der Waals surface area contributed by atoms with Gasteiger partial charge in [0.05, 0.1) is 5.41 Å². The lowest BCUT2D eigenvalue weighted by Gasteiger charge is -2.33. The summed E-state index contributed by atoms with van der Waals surface area (Å²) in [5.74, 6) is 0.155. The van der Waals surface area contributed by atoms with Crippen molar-refractivity contribution < 1.29 is 23.9 Å². The van der Waals surface area contributed by atoms with Crippen LogP contribution in [0.3, 0.4) is 0 Å². The Morgan fingerprint density at radius 3 is 2.55 bits per heavy atom. The van der Waals surface area contributed by atoms with Gasteiger partial charge in [0.25, 0.3) is 5.91 Å². The van der Waals surface area contributed by atoms with E-state index in [1.54, 1.807) is 19.2 Å². The van der Waals surface area contributed by atoms with E-state index in [1.807, 2.05) is 54.6 Å². The fraction of sp³-hybridized carbons (Fsp3) is 0.452. The van der Waals surface area contributed by atoms with Crippen LogP contribution in [0.5, 0.6) is 5.75 Å². The number of ether oxygens (including phenoxy) is 2. The molecule has 9 heteroatoms. The van der Waals surface area contributed by atoms with E-state index in [4.69, 9.17) is 9.47 Å². The number of methoxy groups -OCH3 is 1. The molecule has 3 amide bonds. The van der Waals surface area contributed by atoms with E-state index in [0.717, 1.165) is 24.1 Å². The van der Waals surface area contributed by atoms with E-state index in [-0.39, 0.29) is 30.9 Å². The molecule has 0 aromatic heterocycles. The van der Waals surface area contributed by atoms with Crippen molar-refractivity contribution in [3.05, 3.63) is 71.8 Å². The van der Waals surface area contributed by atoms with Gasteiger partial charge in [-0.15, -0.1) is 0 Å². The zero-order chi connectivity index (χ0) is 28.5. The average molecular weight is 551 g/mol. The maximum Gasteiger partial charge on any atom is 0.257 e. The normalized spacial score (nSPS) is 19.8. The van der Waals surface area contributed by atoms with Crippen LogP contribution in [0.4, 0.5) is 0 Å². The van der Waals surface area contributed by atoms with Crippen LogP contribution in [0.25, 0.3) is 6.08 Å². The summed E-state index contributed by atoms with van der Waals surface area (Å²) >= 11 is 0. The van der Waals surface area contributed by atoms with Gasteiger partial charge in [0.15, 0.2) is 6.61 Å². The van der Waals surface area contributed by atoms with Gasteiger partial charge >= 0.3 is 0 Å². The Morgan fingerprint density at radius 1 is 1.00 bits per heavy atom. The molecule has 2 aromatic carbocycles. The van der Waals surface area contributed by atoms with Crippen molar-refractivity contribution >= 4 is 23.8 Å². The summed E-state index contributed by atoms with van der Waals surface area (Å²) in [5.41, 5.74) is 1.04. The fourth-order valence-electron chi connectivity index (χ4n) is 4.50. The van der Waals surface area contributed by atoms with Crippen molar-refractivity contribution in [2.75, 3.05) is 53.0 Å². The second-order valence-corrected chi connectivity index (χ2v) is 9.99. The Kier molecular flexibility index (Phi) is 13.2. The van der Waals surface area contributed by atoms with Gasteiger partial charge in [0.2, 0.25) is 11.8 Å². The number of amides is 3. The molecule has 0 radical (unpaired) electrons. The van der Waals surface area contributed by atoms with Gasteiger partial charge in [-0.25, -0.2) is 0 Å². The number of hydrogen-bond donors (Lipinski definition) is 4. The molecule has 4 N–H and O–H groups in total. The quantitative estimate of drug-likeness (QED) is 0.421. The van der Waals surface area contributed by atoms with E-state index in [9.17, 15) is 14.4 Å². The molecule has 2 heterocycles. The van der Waals surface area contributed by atoms with Crippen LogP contribution in [0.2, 0.25) is 0 Å². The number of rotatable bonds is 7. The highest BCUT2D eigenvalue weighted by molar-refractivity contribution is 5.85. The van der Waals surface area contributed by atoms with E-state index < -0.39 is 5.41 Å². The summed E-state index contributed by atoms with van der Waals surface area (Å²) in [6.45, 7) is 2.84. The first-order valence-electron chi connectivity index (χ1n) is 14.0. The highest BCUT2D eigenvalue weighted by Gasteiger charge is 2.38. The van der Waals surface area contributed by atoms with Crippen LogP contribution in [-0.2, 0) is 25.5 Å². The van der Waals surface area contributed by atoms with Gasteiger partial charge in [-0.05, 0) is 62.0 Å². The van der Waals surface area contributed by atoms with Crippen molar-refractivity contribution in [2.24, 2.45) is 5.41 Å². The minimum atomic E-state index is -0.923. The van der Waals surface area contributed by atoms with Crippen LogP contribution < -0.4 is 26.0 Å². The van der Waals surface area contributed by atoms with E-state index in [2.05, 4.69) is 21.3 Å². The maximum atomic E-state index is 13.8. The Balaban J connectivity index is 1.78. The summed E-state index contributed by atoms with van der Waals surface area (Å²) in [5, 5.41) is 12.2. The number of carbonyl (C=O) groups excluding carboxylic acids is 3. The van der Waals surface area contributed by atoms with Crippen LogP contribution >= 0.6 is 0 Å². The van der Waals surface area contributed by atoms with E-state index in [0.29, 0.717) is 57.7 Å². The average Bonchev–Trinajstić information content (AvgIpc) is 2.97. The first-order chi connectivity index (χ1) is 19.5. The Bertz CT molecular complexity index is 1090. The third kappa shape index (κ3) is 10.8. The first kappa shape index (κ1) is 30.8. The fourth-order valence-corrected chi connectivity index (χ4v) is 4.50. The van der Waals surface area contributed by atoms with Crippen LogP contribution in [-0.4, -0.2) is 70.8 Å². The van der Waals surface area contributed by atoms with Gasteiger partial charge in [-0.3, -0.25) is 14.4 Å². The topological polar surface area (TPSA) is 118 Å². The Morgan fingerprint density at radius 2 is 1.77 bits per heavy atom. The molecule has 2 aromatic rings. The Labute approximate surface area is 237 Å². The predicted octanol–water partition coefficient (Wildman–Crippen LogP) is 2.47. The molecule has 2 bridgehead atoms. The summed E-state index contributed by atoms with van der Waals surface area (Å²) in [4.78, 5) is 38.6. The molecule has 2 aliphatic heterocycles. The van der Waals surface area contributed by atoms with Gasteiger partial charge < -0.3 is 30.7 Å². The summed E-state index contributed by atoms with van der Waals surface area (Å²) < 4.78 is 11.0. The molecule has 2 aliphatic rings. The predicted molar refractivity (Wildman–Crippen MR) is 156 cm³/mol. The number of nitrogens with one attached hydrogen (secondary N) is 4. The molecular weight excluding hydrogens is 508 g/mol. The highest BCUT2D eigenvalue weighted by Crippen LogP contribution is 2.29. The zero-order valence-corrected chi connectivity index (χ0v) is 23.4. The summed E-state index contributed by atoms with van der Waals surface area (Å²) in [7, 11) is 1.61. The van der Waals surface area contributed by atoms with E-state index in [1.165, 1.54) is 0 Å². The van der Waals surface area contributed by atoms with Crippen molar-refractivity contribution in [3.63, 3.8) is 0 Å². The zero-order valence-electron chi connectivity index (χ0n) is 23.4. The van der Waals surface area contributed by atoms with Crippen LogP contribution in [0.15, 0.2) is 60.7 Å². The number of hydrogen-bond acceptors (Lipinski definition) is 6. The molecule has 0 aliphatic carbocycles. The van der Waals surface area contributed by atoms with Crippen molar-refractivity contribution in [3.8, 4) is 5.75 Å². The largest absolute Gasteiger partial charge is 0.484 e. The molecule has 1 atom stereocenters. The van der Waals surface area contributed by atoms with Crippen molar-refractivity contribution in [1.29, 1.82) is 0 Å². The first-order valence-corrected chi connectivity index (χ1v) is 14.0. The Hall–Kier alpha value is -3.69. The highest BCUT2D eigenvalue weighted by atomic mass is 16.5. The standard InChI is InChI=1S/C31H42N4O5/c1-39-21-16-31(30(38)34-19-5-10-25-8-3-2-4-9-25)22-26-12-14-27(15-13-26)40-23-29(37)33-20-7-18-32-17-6-11-28(36)35-24-31/h2-5,8-10,12-15,32H,6-7,11,16-24H2,1H3,(H,33,37)(H,34,38)(H,35,36)/b10-5+. The smallest absolute Gasteiger partial charge is 0.257 e. The molecular formula is C31H42N4O5. The molecule has 0 fully saturated rings. The molecule has 9 nitrogen and oxygen atoms in total. The second-order valence-electron chi connectivity index (χ2n) is 9.99. The lowest BCUT2D eigenvalue weighted by atomic mass is 9.77. The second kappa shape index (κ2) is 17.1. The molecule has 0 saturated carbocycles. The minimum absolute atomic E-state index is 0.0600. The van der Waals surface area contributed by atoms with Gasteiger partial charge in [-0.2, -0.15) is 0 Å². The SMILES string of the molecule is COCCC1(C(=O)NC/C=C/c2ccccc2)CNC(=O)CCCNCCCNC(=O)COc2ccc(cc2)C1. The number of carbonyl (C=O) groups is 3. The lowest BCUT2D eigenvalue weighted by molar-refractivity contribution is -0.132. The molecule has 0 saturated heterocycles. The van der Waals surface area contributed by atoms with E-state index >= 15 is 0 Å². The minimum Gasteiger partial charge on any atom is -0.484 e. The third-order valence-electron chi connectivity index (χ3n) is 6.83. The van der Waals surface area contributed by atoms with Crippen LogP contribution in [0.1, 0.15) is 36.8 Å². The van der Waals surface area contributed by atoms with Crippen molar-refractivity contribution in [1.82, 2.24) is 21.3 Å². The number of fused-ring (bicyclic) bond motifs is 17. The molecule has 216 valence electrons. The summed E-state index contributed by atoms with van der Waals surface area (Å²) in [6, 6.07) is 17.3. The van der Waals surface area contributed by atoms with Gasteiger partial charge in [-0.1, -0.05) is 54.6 Å².